The van der Waals surface area contributed by atoms with Crippen LogP contribution >= 0.6 is 0 Å². The number of imidazole rings is 2. The molecule has 0 bridgehead atoms. The van der Waals surface area contributed by atoms with Gasteiger partial charge in [0.1, 0.15) is 36.4 Å². The molecule has 5 aromatic rings. The number of benzene rings is 3. The highest BCUT2D eigenvalue weighted by Gasteiger charge is 2.30. The molecule has 2 aromatic heterocycles. The quantitative estimate of drug-likeness (QED) is 0.285. The van der Waals surface area contributed by atoms with Gasteiger partial charge >= 0.3 is 0 Å². The van der Waals surface area contributed by atoms with Crippen molar-refractivity contribution in [3.05, 3.63) is 71.4 Å². The molecule has 0 radical (unpaired) electrons. The van der Waals surface area contributed by atoms with E-state index in [1.54, 1.807) is 0 Å². The Morgan fingerprint density at radius 3 is 2.06 bits per heavy atom. The van der Waals surface area contributed by atoms with Crippen molar-refractivity contribution < 1.29 is 9.47 Å². The zero-order chi connectivity index (χ0) is 24.6. The van der Waals surface area contributed by atoms with Crippen molar-refractivity contribution in [2.45, 2.75) is 52.7 Å². The third-order valence-electron chi connectivity index (χ3n) is 7.22. The molecule has 0 amide bonds. The van der Waals surface area contributed by atoms with Crippen molar-refractivity contribution >= 4 is 11.0 Å². The van der Waals surface area contributed by atoms with E-state index in [4.69, 9.17) is 14.5 Å². The summed E-state index contributed by atoms with van der Waals surface area (Å²) in [5.74, 6) is 4.44. The number of nitrogens with zero attached hydrogens (tertiary/aromatic N) is 2. The first-order chi connectivity index (χ1) is 17.4. The minimum Gasteiger partial charge on any atom is -0.488 e. The molecule has 36 heavy (non-hydrogen) atoms. The van der Waals surface area contributed by atoms with Gasteiger partial charge in [0, 0.05) is 23.0 Å². The zero-order valence-corrected chi connectivity index (χ0v) is 20.9. The number of hydrogen-bond acceptors (Lipinski definition) is 4. The number of fused-ring (bicyclic) bond motifs is 1. The normalized spacial score (nSPS) is 13.7. The number of H-pyrrole nitrogens is 2. The van der Waals surface area contributed by atoms with E-state index in [1.165, 1.54) is 22.3 Å². The van der Waals surface area contributed by atoms with Crippen molar-refractivity contribution in [1.29, 1.82) is 0 Å². The average molecular weight is 477 g/mol. The summed E-state index contributed by atoms with van der Waals surface area (Å²) in [6.07, 6.45) is 1.89. The predicted octanol–water partition coefficient (Wildman–Crippen LogP) is 7.32. The van der Waals surface area contributed by atoms with Gasteiger partial charge < -0.3 is 19.4 Å². The molecule has 6 nitrogen and oxygen atoms in total. The number of nitrogens with one attached hydrogen (secondary N) is 2. The van der Waals surface area contributed by atoms with E-state index < -0.39 is 0 Å². The largest absolute Gasteiger partial charge is 0.488 e. The predicted molar refractivity (Wildman–Crippen MR) is 141 cm³/mol. The smallest absolute Gasteiger partial charge is 0.132 e. The fourth-order valence-electron chi connectivity index (χ4n) is 5.27. The van der Waals surface area contributed by atoms with Gasteiger partial charge in [-0.1, -0.05) is 33.8 Å². The summed E-state index contributed by atoms with van der Waals surface area (Å²) in [5.41, 5.74) is 11.1. The van der Waals surface area contributed by atoms with Gasteiger partial charge in [0.15, 0.2) is 0 Å². The Balaban J connectivity index is 1.30. The standard InChI is InChI=1S/C30H28N4O2/c1-15(2)29-31-12-24(34-29)19-10-25-28-26(11-19)36-14-21-8-18(7-20(13-35-25)27(21)28)17-5-6-22-23(9-17)33-30(32-22)16(3)4/h5-12,15-16H,13-14H2,1-4H3,(H,31,34)(H,32,33). The summed E-state index contributed by atoms with van der Waals surface area (Å²) in [6.45, 7) is 9.65. The van der Waals surface area contributed by atoms with Crippen molar-refractivity contribution in [2.75, 3.05) is 0 Å². The van der Waals surface area contributed by atoms with Crippen LogP contribution in [0.5, 0.6) is 11.5 Å². The van der Waals surface area contributed by atoms with Gasteiger partial charge in [0.05, 0.1) is 28.5 Å². The van der Waals surface area contributed by atoms with Gasteiger partial charge in [0.2, 0.25) is 0 Å². The molecule has 3 aromatic carbocycles. The second-order valence-corrected chi connectivity index (χ2v) is 10.4. The van der Waals surface area contributed by atoms with Gasteiger partial charge in [-0.15, -0.1) is 0 Å². The van der Waals surface area contributed by atoms with Crippen LogP contribution in [0.3, 0.4) is 0 Å². The molecule has 0 aliphatic carbocycles. The van der Waals surface area contributed by atoms with Crippen LogP contribution in [0, 0.1) is 0 Å². The average Bonchev–Trinajstić information content (AvgIpc) is 3.54. The third kappa shape index (κ3) is 3.24. The summed E-state index contributed by atoms with van der Waals surface area (Å²) in [6, 6.07) is 15.2. The number of rotatable bonds is 4. The van der Waals surface area contributed by atoms with E-state index >= 15 is 0 Å². The van der Waals surface area contributed by atoms with E-state index in [0.717, 1.165) is 56.6 Å². The van der Waals surface area contributed by atoms with Crippen molar-refractivity contribution in [2.24, 2.45) is 0 Å². The Morgan fingerprint density at radius 1 is 0.722 bits per heavy atom. The topological polar surface area (TPSA) is 75.8 Å². The molecule has 6 heteroatoms. The molecular weight excluding hydrogens is 448 g/mol. The van der Waals surface area contributed by atoms with E-state index in [0.29, 0.717) is 25.0 Å². The molecular formula is C30H28N4O2. The third-order valence-corrected chi connectivity index (χ3v) is 7.22. The van der Waals surface area contributed by atoms with E-state index in [2.05, 4.69) is 85.1 Å². The Kier molecular flexibility index (Phi) is 4.55. The Morgan fingerprint density at radius 2 is 1.42 bits per heavy atom. The number of aromatic nitrogens is 4. The molecule has 180 valence electrons. The lowest BCUT2D eigenvalue weighted by atomic mass is 9.86. The molecule has 0 atom stereocenters. The summed E-state index contributed by atoms with van der Waals surface area (Å²) < 4.78 is 12.6. The summed E-state index contributed by atoms with van der Waals surface area (Å²) in [4.78, 5) is 16.2. The van der Waals surface area contributed by atoms with Crippen LogP contribution in [-0.4, -0.2) is 19.9 Å². The monoisotopic (exact) mass is 476 g/mol. The summed E-state index contributed by atoms with van der Waals surface area (Å²) in [7, 11) is 0. The Hall–Kier alpha value is -4.06. The van der Waals surface area contributed by atoms with Gasteiger partial charge in [-0.05, 0) is 58.7 Å². The molecule has 2 aliphatic heterocycles. The van der Waals surface area contributed by atoms with E-state index in [-0.39, 0.29) is 0 Å². The van der Waals surface area contributed by atoms with Crippen LogP contribution in [0.15, 0.2) is 48.7 Å². The van der Waals surface area contributed by atoms with Gasteiger partial charge in [0.25, 0.3) is 0 Å². The summed E-state index contributed by atoms with van der Waals surface area (Å²) >= 11 is 0. The lowest BCUT2D eigenvalue weighted by Crippen LogP contribution is -2.15. The highest BCUT2D eigenvalue weighted by atomic mass is 16.5. The SMILES string of the molecule is CC(C)c1ncc(-c2cc3c4c(c2)OCc2cc(-c5ccc6nc(C(C)C)[nH]c6c5)cc(c2-4)CO3)[nH]1. The molecule has 2 N–H and O–H groups in total. The maximum atomic E-state index is 6.30. The maximum Gasteiger partial charge on any atom is 0.132 e. The minimum absolute atomic E-state index is 0.345. The lowest BCUT2D eigenvalue weighted by molar-refractivity contribution is 0.277. The second kappa shape index (κ2) is 7.72. The fraction of sp³-hybridized carbons (Fsp3) is 0.267. The maximum absolute atomic E-state index is 6.30. The molecule has 0 saturated heterocycles. The fourth-order valence-corrected chi connectivity index (χ4v) is 5.27. The van der Waals surface area contributed by atoms with Crippen LogP contribution in [0.2, 0.25) is 0 Å². The Labute approximate surface area is 209 Å². The zero-order valence-electron chi connectivity index (χ0n) is 20.9. The first-order valence-electron chi connectivity index (χ1n) is 12.6. The first-order valence-corrected chi connectivity index (χ1v) is 12.6. The van der Waals surface area contributed by atoms with Gasteiger partial charge in [-0.2, -0.15) is 0 Å². The van der Waals surface area contributed by atoms with Crippen LogP contribution < -0.4 is 9.47 Å². The van der Waals surface area contributed by atoms with Gasteiger partial charge in [-0.25, -0.2) is 9.97 Å². The van der Waals surface area contributed by atoms with Crippen molar-refractivity contribution in [3.63, 3.8) is 0 Å². The Bertz CT molecular complexity index is 1610. The molecule has 0 saturated carbocycles. The molecule has 2 aliphatic rings. The molecule has 4 heterocycles. The highest BCUT2D eigenvalue weighted by molar-refractivity contribution is 5.90. The van der Waals surface area contributed by atoms with Crippen molar-refractivity contribution in [1.82, 2.24) is 19.9 Å². The van der Waals surface area contributed by atoms with Crippen LogP contribution in [0.1, 0.15) is 62.3 Å². The van der Waals surface area contributed by atoms with Crippen LogP contribution in [0.25, 0.3) is 44.5 Å². The number of aromatic amines is 2. The van der Waals surface area contributed by atoms with Crippen LogP contribution in [0.4, 0.5) is 0 Å². The molecule has 7 rings (SSSR count). The van der Waals surface area contributed by atoms with Crippen LogP contribution in [-0.2, 0) is 13.2 Å². The molecule has 0 spiro atoms. The molecule has 0 unspecified atom stereocenters. The summed E-state index contributed by atoms with van der Waals surface area (Å²) in [5, 5.41) is 0. The number of ether oxygens (including phenoxy) is 2. The lowest BCUT2D eigenvalue weighted by Gasteiger charge is -2.30. The van der Waals surface area contributed by atoms with E-state index in [9.17, 15) is 0 Å². The van der Waals surface area contributed by atoms with Crippen molar-refractivity contribution in [3.8, 4) is 45.0 Å². The van der Waals surface area contributed by atoms with E-state index in [1.807, 2.05) is 6.20 Å². The molecule has 0 fully saturated rings. The highest BCUT2D eigenvalue weighted by Crippen LogP contribution is 2.51. The first kappa shape index (κ1) is 21.2. The second-order valence-electron chi connectivity index (χ2n) is 10.4. The minimum atomic E-state index is 0.345. The number of hydrogen-bond donors (Lipinski definition) is 2. The van der Waals surface area contributed by atoms with Gasteiger partial charge in [-0.3, -0.25) is 0 Å².